The van der Waals surface area contributed by atoms with Crippen molar-refractivity contribution in [3.05, 3.63) is 71.2 Å². The van der Waals surface area contributed by atoms with Crippen LogP contribution in [0.3, 0.4) is 0 Å². The van der Waals surface area contributed by atoms with Crippen molar-refractivity contribution in [1.29, 1.82) is 5.26 Å². The summed E-state index contributed by atoms with van der Waals surface area (Å²) in [6.07, 6.45) is 7.12. The summed E-state index contributed by atoms with van der Waals surface area (Å²) in [6, 6.07) is 12.2. The first kappa shape index (κ1) is 19.5. The minimum absolute atomic E-state index is 0.0201. The van der Waals surface area contributed by atoms with Crippen molar-refractivity contribution >= 4 is 5.78 Å². The van der Waals surface area contributed by atoms with E-state index in [0.29, 0.717) is 6.54 Å². The number of allylic oxidation sites excluding steroid dienone is 2. The van der Waals surface area contributed by atoms with Gasteiger partial charge in [-0.25, -0.2) is 0 Å². The summed E-state index contributed by atoms with van der Waals surface area (Å²) < 4.78 is 1.70. The molecule has 0 aliphatic heterocycles. The van der Waals surface area contributed by atoms with Crippen molar-refractivity contribution in [3.63, 3.8) is 0 Å². The van der Waals surface area contributed by atoms with E-state index in [0.717, 1.165) is 40.9 Å². The molecule has 2 aliphatic rings. The third-order valence-electron chi connectivity index (χ3n) is 6.83. The molecule has 2 aliphatic carbocycles. The normalized spacial score (nSPS) is 24.8. The number of carbonyl (C=O) groups is 1. The molecule has 31 heavy (non-hydrogen) atoms. The van der Waals surface area contributed by atoms with Crippen LogP contribution in [-0.4, -0.2) is 37.5 Å². The van der Waals surface area contributed by atoms with E-state index in [-0.39, 0.29) is 29.8 Å². The van der Waals surface area contributed by atoms with Crippen LogP contribution >= 0.6 is 0 Å². The maximum atomic E-state index is 12.8. The highest BCUT2D eigenvalue weighted by Gasteiger charge is 2.53. The van der Waals surface area contributed by atoms with Crippen molar-refractivity contribution in [3.8, 4) is 17.3 Å². The number of benzene rings is 1. The number of nitriles is 1. The standard InChI is InChI=1S/C24H23N5O2/c1-15-20-8-7-19-21(17-13-26-29(14-17)9-10-30)27-28-23(19)24(20,11-16(12-25)22(15)31)18-5-3-2-4-6-18/h2-6,11,13-15,20,30H,7-10H2,1H3,(H,27,28)/t15-,20-,24-/m1/s1. The highest BCUT2D eigenvalue weighted by Crippen LogP contribution is 2.54. The topological polar surface area (TPSA) is 108 Å². The Balaban J connectivity index is 1.74. The van der Waals surface area contributed by atoms with Crippen molar-refractivity contribution in [2.45, 2.75) is 31.7 Å². The van der Waals surface area contributed by atoms with E-state index in [9.17, 15) is 15.2 Å². The maximum absolute atomic E-state index is 12.8. The van der Waals surface area contributed by atoms with Gasteiger partial charge < -0.3 is 5.11 Å². The average Bonchev–Trinajstić information content (AvgIpc) is 3.44. The average molecular weight is 413 g/mol. The van der Waals surface area contributed by atoms with Gasteiger partial charge in [-0.2, -0.15) is 15.5 Å². The van der Waals surface area contributed by atoms with Gasteiger partial charge in [0.25, 0.3) is 0 Å². The number of aliphatic hydroxyl groups excluding tert-OH is 1. The molecule has 3 aromatic rings. The van der Waals surface area contributed by atoms with Crippen LogP contribution in [0.1, 0.15) is 30.2 Å². The Morgan fingerprint density at radius 1 is 1.35 bits per heavy atom. The molecule has 5 rings (SSSR count). The summed E-state index contributed by atoms with van der Waals surface area (Å²) in [5, 5.41) is 31.2. The molecule has 0 bridgehead atoms. The Morgan fingerprint density at radius 2 is 2.16 bits per heavy atom. The van der Waals surface area contributed by atoms with Crippen LogP contribution in [0.25, 0.3) is 11.3 Å². The lowest BCUT2D eigenvalue weighted by Gasteiger charge is -2.47. The fourth-order valence-electron chi connectivity index (χ4n) is 5.41. The quantitative estimate of drug-likeness (QED) is 0.684. The maximum Gasteiger partial charge on any atom is 0.176 e. The van der Waals surface area contributed by atoms with Gasteiger partial charge in [-0.1, -0.05) is 37.3 Å². The zero-order valence-corrected chi connectivity index (χ0v) is 17.2. The van der Waals surface area contributed by atoms with Crippen LogP contribution < -0.4 is 0 Å². The van der Waals surface area contributed by atoms with Gasteiger partial charge in [0, 0.05) is 23.2 Å². The number of hydrogen-bond donors (Lipinski definition) is 2. The molecule has 1 aromatic carbocycles. The Morgan fingerprint density at radius 3 is 2.90 bits per heavy atom. The van der Waals surface area contributed by atoms with Crippen molar-refractivity contribution in [2.24, 2.45) is 11.8 Å². The summed E-state index contributed by atoms with van der Waals surface area (Å²) in [5.41, 5.74) is 4.43. The second kappa shape index (κ2) is 7.33. The molecule has 0 fully saturated rings. The molecule has 0 radical (unpaired) electrons. The predicted octanol–water partition coefficient (Wildman–Crippen LogP) is 2.78. The fourth-order valence-corrected chi connectivity index (χ4v) is 5.41. The van der Waals surface area contributed by atoms with Crippen molar-refractivity contribution in [2.75, 3.05) is 6.61 Å². The van der Waals surface area contributed by atoms with Crippen LogP contribution in [0.5, 0.6) is 0 Å². The van der Waals surface area contributed by atoms with Gasteiger partial charge in [-0.05, 0) is 30.4 Å². The molecule has 0 spiro atoms. The zero-order valence-electron chi connectivity index (χ0n) is 17.2. The molecular formula is C24H23N5O2. The summed E-state index contributed by atoms with van der Waals surface area (Å²) in [4.78, 5) is 12.8. The van der Waals surface area contributed by atoms with Gasteiger partial charge in [0.05, 0.1) is 41.7 Å². The summed E-state index contributed by atoms with van der Waals surface area (Å²) in [7, 11) is 0. The third-order valence-corrected chi connectivity index (χ3v) is 6.83. The number of aromatic nitrogens is 4. The van der Waals surface area contributed by atoms with E-state index in [2.05, 4.69) is 33.5 Å². The molecule has 0 saturated carbocycles. The molecule has 7 nitrogen and oxygen atoms in total. The lowest BCUT2D eigenvalue weighted by atomic mass is 9.54. The van der Waals surface area contributed by atoms with E-state index in [1.54, 1.807) is 10.9 Å². The molecule has 3 atom stereocenters. The number of H-pyrrole nitrogens is 1. The lowest BCUT2D eigenvalue weighted by Crippen LogP contribution is -2.48. The van der Waals surface area contributed by atoms with Crippen LogP contribution in [0, 0.1) is 23.2 Å². The van der Waals surface area contributed by atoms with Crippen molar-refractivity contribution < 1.29 is 9.90 Å². The van der Waals surface area contributed by atoms with E-state index < -0.39 is 5.41 Å². The monoisotopic (exact) mass is 413 g/mol. The minimum Gasteiger partial charge on any atom is -0.394 e. The number of rotatable bonds is 4. The highest BCUT2D eigenvalue weighted by atomic mass is 16.3. The molecule has 0 unspecified atom stereocenters. The van der Waals surface area contributed by atoms with Crippen LogP contribution in [0.2, 0.25) is 0 Å². The molecule has 2 aromatic heterocycles. The first-order valence-electron chi connectivity index (χ1n) is 10.5. The number of nitrogens with one attached hydrogen (secondary N) is 1. The summed E-state index contributed by atoms with van der Waals surface area (Å²) in [5.74, 6) is -0.294. The second-order valence-electron chi connectivity index (χ2n) is 8.34. The number of Topliss-reactive ketones (excluding diaryl/α,β-unsaturated/α-hetero) is 1. The number of hydrogen-bond acceptors (Lipinski definition) is 5. The number of ketones is 1. The first-order chi connectivity index (χ1) is 15.1. The molecule has 7 heteroatoms. The predicted molar refractivity (Wildman–Crippen MR) is 114 cm³/mol. The molecule has 156 valence electrons. The van der Waals surface area contributed by atoms with E-state index in [4.69, 9.17) is 0 Å². The van der Waals surface area contributed by atoms with Gasteiger partial charge in [-0.15, -0.1) is 0 Å². The Hall–Kier alpha value is -3.50. The number of fused-ring (bicyclic) bond motifs is 3. The first-order valence-corrected chi connectivity index (χ1v) is 10.5. The van der Waals surface area contributed by atoms with Gasteiger partial charge >= 0.3 is 0 Å². The number of nitrogens with zero attached hydrogens (tertiary/aromatic N) is 4. The second-order valence-corrected chi connectivity index (χ2v) is 8.34. The van der Waals surface area contributed by atoms with Gasteiger partial charge in [-0.3, -0.25) is 14.6 Å². The van der Waals surface area contributed by atoms with E-state index in [1.165, 1.54) is 0 Å². The Bertz CT molecular complexity index is 1220. The SMILES string of the molecule is C[C@H]1C(=O)C(C#N)=C[C@]2(c3ccccc3)c3[nH]nc(-c4cnn(CCO)c4)c3CC[C@H]12. The lowest BCUT2D eigenvalue weighted by molar-refractivity contribution is -0.121. The highest BCUT2D eigenvalue weighted by molar-refractivity contribution is 6.02. The van der Waals surface area contributed by atoms with Gasteiger partial charge in [0.2, 0.25) is 0 Å². The summed E-state index contributed by atoms with van der Waals surface area (Å²) >= 11 is 0. The van der Waals surface area contributed by atoms with E-state index >= 15 is 0 Å². The van der Waals surface area contributed by atoms with Crippen molar-refractivity contribution in [1.82, 2.24) is 20.0 Å². The summed E-state index contributed by atoms with van der Waals surface area (Å²) in [6.45, 7) is 2.39. The van der Waals surface area contributed by atoms with E-state index in [1.807, 2.05) is 37.4 Å². The Kier molecular flexibility index (Phi) is 4.60. The van der Waals surface area contributed by atoms with Crippen LogP contribution in [-0.2, 0) is 23.2 Å². The number of carbonyl (C=O) groups excluding carboxylic acids is 1. The Labute approximate surface area is 180 Å². The minimum atomic E-state index is -0.612. The van der Waals surface area contributed by atoms with Crippen LogP contribution in [0.4, 0.5) is 0 Å². The third kappa shape index (κ3) is 2.79. The smallest absolute Gasteiger partial charge is 0.176 e. The number of aromatic amines is 1. The van der Waals surface area contributed by atoms with Crippen LogP contribution in [0.15, 0.2) is 54.4 Å². The molecule has 2 N–H and O–H groups in total. The fraction of sp³-hybridized carbons (Fsp3) is 0.333. The van der Waals surface area contributed by atoms with Gasteiger partial charge in [0.15, 0.2) is 5.78 Å². The largest absolute Gasteiger partial charge is 0.394 e. The molecule has 2 heterocycles. The zero-order chi connectivity index (χ0) is 21.6. The molecule has 0 saturated heterocycles. The molecular weight excluding hydrogens is 390 g/mol. The number of aliphatic hydroxyl groups is 1. The molecule has 0 amide bonds. The van der Waals surface area contributed by atoms with Gasteiger partial charge in [0.1, 0.15) is 6.07 Å².